The fourth-order valence-electron chi connectivity index (χ4n) is 4.49. The van der Waals surface area contributed by atoms with E-state index in [2.05, 4.69) is 4.90 Å². The van der Waals surface area contributed by atoms with Gasteiger partial charge in [-0.2, -0.15) is 13.2 Å². The predicted octanol–water partition coefficient (Wildman–Crippen LogP) is 4.77. The van der Waals surface area contributed by atoms with Gasteiger partial charge in [0.25, 0.3) is 15.7 Å². The SMILES string of the molecule is Cl.O=C(c1ccc(-c2ccc(S(=O)(=O)C(F)(F)F)cc2)cc1)N1CCC[C@H]1CN1CCCC1. The van der Waals surface area contributed by atoms with Gasteiger partial charge in [0.05, 0.1) is 4.90 Å². The van der Waals surface area contributed by atoms with Crippen LogP contribution in [0.1, 0.15) is 36.0 Å². The van der Waals surface area contributed by atoms with Crippen LogP contribution in [0.25, 0.3) is 11.1 Å². The van der Waals surface area contributed by atoms with E-state index in [0.717, 1.165) is 51.2 Å². The number of sulfone groups is 1. The van der Waals surface area contributed by atoms with Crippen molar-refractivity contribution in [2.24, 2.45) is 0 Å². The Balaban J connectivity index is 0.00000306. The molecule has 0 radical (unpaired) electrons. The van der Waals surface area contributed by atoms with Crippen LogP contribution in [0.15, 0.2) is 53.4 Å². The molecule has 10 heteroatoms. The summed E-state index contributed by atoms with van der Waals surface area (Å²) in [6.45, 7) is 3.85. The molecule has 0 aliphatic carbocycles. The Bertz CT molecular complexity index is 1070. The largest absolute Gasteiger partial charge is 0.501 e. The zero-order valence-electron chi connectivity index (χ0n) is 17.9. The molecule has 2 aliphatic rings. The van der Waals surface area contributed by atoms with E-state index >= 15 is 0 Å². The first-order valence-electron chi connectivity index (χ1n) is 10.7. The Morgan fingerprint density at radius 2 is 1.42 bits per heavy atom. The van der Waals surface area contributed by atoms with Crippen LogP contribution in [-0.2, 0) is 9.84 Å². The topological polar surface area (TPSA) is 57.7 Å². The Morgan fingerprint density at radius 1 is 0.879 bits per heavy atom. The van der Waals surface area contributed by atoms with Gasteiger partial charge < -0.3 is 9.80 Å². The van der Waals surface area contributed by atoms with Gasteiger partial charge in [0.2, 0.25) is 0 Å². The monoisotopic (exact) mass is 502 g/mol. The fraction of sp³-hybridized carbons (Fsp3) is 0.435. The highest BCUT2D eigenvalue weighted by Gasteiger charge is 2.46. The van der Waals surface area contributed by atoms with Crippen molar-refractivity contribution < 1.29 is 26.4 Å². The van der Waals surface area contributed by atoms with Crippen molar-refractivity contribution in [2.45, 2.75) is 42.1 Å². The summed E-state index contributed by atoms with van der Waals surface area (Å²) in [7, 11) is -5.37. The number of carbonyl (C=O) groups excluding carboxylic acids is 1. The van der Waals surface area contributed by atoms with Crippen LogP contribution in [0.4, 0.5) is 13.2 Å². The molecule has 0 spiro atoms. The lowest BCUT2D eigenvalue weighted by atomic mass is 10.0. The third kappa shape index (κ3) is 5.36. The van der Waals surface area contributed by atoms with Crippen molar-refractivity contribution in [3.05, 3.63) is 54.1 Å². The molecule has 1 amide bonds. The summed E-state index contributed by atoms with van der Waals surface area (Å²) >= 11 is 0. The molecule has 0 aromatic heterocycles. The van der Waals surface area contributed by atoms with E-state index in [0.29, 0.717) is 16.7 Å². The number of likely N-dealkylation sites (tertiary alicyclic amines) is 2. The van der Waals surface area contributed by atoms with Gasteiger partial charge in [-0.1, -0.05) is 24.3 Å². The first kappa shape index (κ1) is 25.5. The molecule has 2 aromatic rings. The van der Waals surface area contributed by atoms with Gasteiger partial charge in [0.15, 0.2) is 0 Å². The maximum atomic E-state index is 13.1. The van der Waals surface area contributed by atoms with Crippen LogP contribution in [-0.4, -0.2) is 61.9 Å². The third-order valence-corrected chi connectivity index (χ3v) is 7.74. The van der Waals surface area contributed by atoms with Gasteiger partial charge >= 0.3 is 5.51 Å². The quantitative estimate of drug-likeness (QED) is 0.591. The lowest BCUT2D eigenvalue weighted by Gasteiger charge is -2.28. The molecular formula is C23H26ClF3N2O3S. The molecule has 0 N–H and O–H groups in total. The number of hydrogen-bond acceptors (Lipinski definition) is 4. The van der Waals surface area contributed by atoms with Crippen molar-refractivity contribution >= 4 is 28.2 Å². The molecule has 2 fully saturated rings. The van der Waals surface area contributed by atoms with E-state index in [1.807, 2.05) is 4.90 Å². The summed E-state index contributed by atoms with van der Waals surface area (Å²) in [6, 6.07) is 11.7. The predicted molar refractivity (Wildman–Crippen MR) is 122 cm³/mol. The molecule has 2 heterocycles. The first-order chi connectivity index (χ1) is 15.2. The molecule has 0 saturated carbocycles. The second-order valence-corrected chi connectivity index (χ2v) is 10.3. The lowest BCUT2D eigenvalue weighted by Crippen LogP contribution is -2.42. The first-order valence-corrected chi connectivity index (χ1v) is 12.2. The summed E-state index contributed by atoms with van der Waals surface area (Å²) in [6.07, 6.45) is 4.43. The minimum atomic E-state index is -5.37. The van der Waals surface area contributed by atoms with E-state index in [1.165, 1.54) is 25.0 Å². The average molecular weight is 503 g/mol. The summed E-state index contributed by atoms with van der Waals surface area (Å²) < 4.78 is 61.1. The van der Waals surface area contributed by atoms with Gasteiger partial charge in [-0.3, -0.25) is 4.79 Å². The van der Waals surface area contributed by atoms with Crippen LogP contribution in [0.2, 0.25) is 0 Å². The zero-order valence-corrected chi connectivity index (χ0v) is 19.6. The number of benzene rings is 2. The molecule has 1 atom stereocenters. The van der Waals surface area contributed by atoms with E-state index in [1.54, 1.807) is 24.3 Å². The summed E-state index contributed by atoms with van der Waals surface area (Å²) in [5.74, 6) is -0.00938. The van der Waals surface area contributed by atoms with Crippen molar-refractivity contribution in [3.8, 4) is 11.1 Å². The number of rotatable bonds is 5. The maximum absolute atomic E-state index is 13.1. The number of alkyl halides is 3. The van der Waals surface area contributed by atoms with Crippen LogP contribution < -0.4 is 0 Å². The summed E-state index contributed by atoms with van der Waals surface area (Å²) in [5.41, 5.74) is -3.51. The van der Waals surface area contributed by atoms with E-state index in [4.69, 9.17) is 0 Å². The van der Waals surface area contributed by atoms with Crippen molar-refractivity contribution in [1.29, 1.82) is 0 Å². The molecule has 180 valence electrons. The van der Waals surface area contributed by atoms with Crippen LogP contribution in [0.3, 0.4) is 0 Å². The molecule has 4 rings (SSSR count). The number of carbonyl (C=O) groups is 1. The second-order valence-electron chi connectivity index (χ2n) is 8.35. The number of hydrogen-bond donors (Lipinski definition) is 0. The Morgan fingerprint density at radius 3 is 1.97 bits per heavy atom. The Labute approximate surface area is 197 Å². The third-order valence-electron chi connectivity index (χ3n) is 6.24. The highest BCUT2D eigenvalue weighted by Crippen LogP contribution is 2.31. The highest BCUT2D eigenvalue weighted by atomic mass is 35.5. The number of amides is 1. The minimum absolute atomic E-state index is 0. The smallest absolute Gasteiger partial charge is 0.334 e. The summed E-state index contributed by atoms with van der Waals surface area (Å²) in [5, 5.41) is 0. The Kier molecular flexibility index (Phi) is 7.76. The molecule has 0 bridgehead atoms. The van der Waals surface area contributed by atoms with Crippen molar-refractivity contribution in [2.75, 3.05) is 26.2 Å². The molecule has 33 heavy (non-hydrogen) atoms. The molecule has 2 aliphatic heterocycles. The normalized spacial score (nSPS) is 19.5. The van der Waals surface area contributed by atoms with Gasteiger partial charge in [-0.25, -0.2) is 8.42 Å². The summed E-state index contributed by atoms with van der Waals surface area (Å²) in [4.78, 5) is 16.6. The Hall–Kier alpha value is -2.10. The average Bonchev–Trinajstić information content (AvgIpc) is 3.45. The van der Waals surface area contributed by atoms with Crippen molar-refractivity contribution in [3.63, 3.8) is 0 Å². The molecule has 0 unspecified atom stereocenters. The molecule has 2 aromatic carbocycles. The van der Waals surface area contributed by atoms with Crippen LogP contribution in [0.5, 0.6) is 0 Å². The van der Waals surface area contributed by atoms with Gasteiger partial charge in [-0.05, 0) is 74.2 Å². The highest BCUT2D eigenvalue weighted by molar-refractivity contribution is 7.92. The number of halogens is 4. The minimum Gasteiger partial charge on any atom is -0.334 e. The molecule has 5 nitrogen and oxygen atoms in total. The van der Waals surface area contributed by atoms with E-state index < -0.39 is 20.2 Å². The van der Waals surface area contributed by atoms with Gasteiger partial charge in [-0.15, -0.1) is 12.4 Å². The molecule has 2 saturated heterocycles. The standard InChI is InChI=1S/C23H25F3N2O3S.ClH/c24-23(25,26)32(30,31)21-11-9-18(10-12-21)17-5-7-19(8-6-17)22(29)28-15-3-4-20(28)16-27-13-1-2-14-27;/h5-12,20H,1-4,13-16H2;1H/t20-;/m0./s1. The molecular weight excluding hydrogens is 477 g/mol. The number of nitrogens with zero attached hydrogens (tertiary/aromatic N) is 2. The van der Waals surface area contributed by atoms with Gasteiger partial charge in [0, 0.05) is 24.7 Å². The maximum Gasteiger partial charge on any atom is 0.501 e. The fourth-order valence-corrected chi connectivity index (χ4v) is 5.25. The zero-order chi connectivity index (χ0) is 22.9. The van der Waals surface area contributed by atoms with Gasteiger partial charge in [0.1, 0.15) is 0 Å². The lowest BCUT2D eigenvalue weighted by molar-refractivity contribution is -0.0436. The van der Waals surface area contributed by atoms with Crippen molar-refractivity contribution in [1.82, 2.24) is 9.80 Å². The van der Waals surface area contributed by atoms with Crippen LogP contribution in [0, 0.1) is 0 Å². The second kappa shape index (κ2) is 10.0. The van der Waals surface area contributed by atoms with E-state index in [9.17, 15) is 26.4 Å². The van der Waals surface area contributed by atoms with Crippen LogP contribution >= 0.6 is 12.4 Å². The van der Waals surface area contributed by atoms with E-state index in [-0.39, 0.29) is 24.4 Å².